The Hall–Kier alpha value is -3.07. The van der Waals surface area contributed by atoms with Crippen molar-refractivity contribution in [3.05, 3.63) is 97.2 Å². The monoisotopic (exact) mass is 1150 g/mol. The Bertz CT molecular complexity index is 1710. The summed E-state index contributed by atoms with van der Waals surface area (Å²) >= 11 is 0. The summed E-state index contributed by atoms with van der Waals surface area (Å²) in [6.45, 7) is 6.66. The van der Waals surface area contributed by atoms with E-state index < -0.39 is 26.6 Å². The number of phosphoric ester groups is 1. The third-order valence-electron chi connectivity index (χ3n) is 14.5. The van der Waals surface area contributed by atoms with Crippen LogP contribution in [-0.4, -0.2) is 69.4 Å². The summed E-state index contributed by atoms with van der Waals surface area (Å²) in [6.07, 6.45) is 81.2. The Balaban J connectivity index is 5.07. The van der Waals surface area contributed by atoms with E-state index in [9.17, 15) is 19.0 Å². The number of carbonyl (C=O) groups excluding carboxylic acids is 2. The number of likely N-dealkylation sites (N-methyl/N-ethyl adjacent to an activating group) is 1. The molecule has 0 aromatic carbocycles. The largest absolute Gasteiger partial charge is 0.756 e. The average Bonchev–Trinajstić information content (AvgIpc) is 3.44. The van der Waals surface area contributed by atoms with Gasteiger partial charge in [-0.15, -0.1) is 0 Å². The first-order valence-electron chi connectivity index (χ1n) is 33.5. The molecule has 0 aromatic heterocycles. The van der Waals surface area contributed by atoms with Crippen molar-refractivity contribution in [2.24, 2.45) is 0 Å². The zero-order valence-corrected chi connectivity index (χ0v) is 54.4. The van der Waals surface area contributed by atoms with Gasteiger partial charge >= 0.3 is 5.97 Å². The maximum absolute atomic E-state index is 13.5. The van der Waals surface area contributed by atoms with Gasteiger partial charge in [0.25, 0.3) is 7.82 Å². The number of ether oxygens (including phenoxy) is 1. The summed E-state index contributed by atoms with van der Waals surface area (Å²) in [7, 11) is 1.14. The van der Waals surface area contributed by atoms with Crippen LogP contribution in [0.25, 0.3) is 0 Å². The van der Waals surface area contributed by atoms with Gasteiger partial charge in [-0.2, -0.15) is 0 Å². The molecular weight excluding hydrogens is 1020 g/mol. The van der Waals surface area contributed by atoms with Crippen LogP contribution in [0, 0.1) is 0 Å². The van der Waals surface area contributed by atoms with Crippen molar-refractivity contribution in [2.75, 3.05) is 40.9 Å². The van der Waals surface area contributed by atoms with E-state index in [2.05, 4.69) is 111 Å². The number of allylic oxidation sites excluding steroid dienone is 15. The summed E-state index contributed by atoms with van der Waals surface area (Å²) in [5.74, 6) is -0.607. The molecule has 81 heavy (non-hydrogen) atoms. The van der Waals surface area contributed by atoms with E-state index in [0.717, 1.165) is 83.5 Å². The second-order valence-corrected chi connectivity index (χ2v) is 25.0. The quantitative estimate of drug-likeness (QED) is 0.0212. The molecule has 0 saturated carbocycles. The minimum Gasteiger partial charge on any atom is -0.756 e. The molecule has 0 aromatic rings. The summed E-state index contributed by atoms with van der Waals surface area (Å²) in [4.78, 5) is 40.0. The smallest absolute Gasteiger partial charge is 0.306 e. The van der Waals surface area contributed by atoms with Gasteiger partial charge in [-0.05, 0) is 102 Å². The van der Waals surface area contributed by atoms with Crippen LogP contribution >= 0.6 is 7.82 Å². The Labute approximate surface area is 500 Å². The highest BCUT2D eigenvalue weighted by Gasteiger charge is 2.27. The molecule has 0 aliphatic rings. The number of rotatable bonds is 60. The van der Waals surface area contributed by atoms with Gasteiger partial charge < -0.3 is 28.5 Å². The van der Waals surface area contributed by atoms with E-state index in [0.29, 0.717) is 17.4 Å². The number of phosphoric acid groups is 1. The van der Waals surface area contributed by atoms with E-state index in [4.69, 9.17) is 13.8 Å². The summed E-state index contributed by atoms with van der Waals surface area (Å²) in [6, 6.07) is -0.922. The number of hydrogen-bond donors (Lipinski definition) is 1. The highest BCUT2D eigenvalue weighted by Crippen LogP contribution is 2.38. The maximum Gasteiger partial charge on any atom is 0.306 e. The van der Waals surface area contributed by atoms with Gasteiger partial charge in [0.2, 0.25) is 5.91 Å². The molecule has 1 amide bonds. The fraction of sp³-hybridized carbons (Fsp3) is 0.746. The van der Waals surface area contributed by atoms with Gasteiger partial charge in [-0.25, -0.2) is 0 Å². The van der Waals surface area contributed by atoms with Crippen molar-refractivity contribution >= 4 is 19.7 Å². The molecule has 0 bridgehead atoms. The minimum absolute atomic E-state index is 0.0360. The fourth-order valence-corrected chi connectivity index (χ4v) is 10.1. The Morgan fingerprint density at radius 2 is 0.802 bits per heavy atom. The van der Waals surface area contributed by atoms with Gasteiger partial charge in [0.05, 0.1) is 33.8 Å². The predicted molar refractivity (Wildman–Crippen MR) is 348 cm³/mol. The first-order chi connectivity index (χ1) is 39.4. The van der Waals surface area contributed by atoms with Crippen LogP contribution in [-0.2, 0) is 27.9 Å². The number of carbonyl (C=O) groups is 2. The first kappa shape index (κ1) is 77.9. The zero-order valence-electron chi connectivity index (χ0n) is 53.5. The number of esters is 1. The average molecular weight is 1150 g/mol. The van der Waals surface area contributed by atoms with E-state index in [-0.39, 0.29) is 31.3 Å². The molecule has 0 saturated heterocycles. The van der Waals surface area contributed by atoms with Crippen molar-refractivity contribution in [3.63, 3.8) is 0 Å². The zero-order chi connectivity index (χ0) is 59.3. The Morgan fingerprint density at radius 3 is 1.23 bits per heavy atom. The minimum atomic E-state index is -4.72. The van der Waals surface area contributed by atoms with Crippen LogP contribution in [0.3, 0.4) is 0 Å². The number of nitrogens with zero attached hydrogens (tertiary/aromatic N) is 1. The third kappa shape index (κ3) is 61.3. The summed E-state index contributed by atoms with van der Waals surface area (Å²) < 4.78 is 30.3. The van der Waals surface area contributed by atoms with Gasteiger partial charge in [0.1, 0.15) is 19.3 Å². The number of nitrogens with one attached hydrogen (secondary N) is 1. The highest BCUT2D eigenvalue weighted by molar-refractivity contribution is 7.45. The molecule has 9 nitrogen and oxygen atoms in total. The second kappa shape index (κ2) is 60.1. The van der Waals surface area contributed by atoms with Crippen LogP contribution in [0.15, 0.2) is 97.2 Å². The Morgan fingerprint density at radius 1 is 0.444 bits per heavy atom. The molecule has 0 radical (unpaired) electrons. The lowest BCUT2D eigenvalue weighted by atomic mass is 10.0. The topological polar surface area (TPSA) is 114 Å². The van der Waals surface area contributed by atoms with Crippen molar-refractivity contribution in [3.8, 4) is 0 Å². The number of hydrogen-bond acceptors (Lipinski definition) is 7. The predicted octanol–water partition coefficient (Wildman–Crippen LogP) is 20.5. The molecule has 0 rings (SSSR count). The lowest BCUT2D eigenvalue weighted by Gasteiger charge is -2.30. The first-order valence-corrected chi connectivity index (χ1v) is 35.0. The van der Waals surface area contributed by atoms with Crippen LogP contribution in [0.4, 0.5) is 0 Å². The van der Waals surface area contributed by atoms with Crippen LogP contribution in [0.5, 0.6) is 0 Å². The molecule has 0 heterocycles. The number of quaternary nitrogens is 1. The summed E-state index contributed by atoms with van der Waals surface area (Å²) in [5.41, 5.74) is 0. The normalized spacial score (nSPS) is 14.2. The van der Waals surface area contributed by atoms with E-state index in [1.54, 1.807) is 0 Å². The van der Waals surface area contributed by atoms with Gasteiger partial charge in [-0.1, -0.05) is 272 Å². The molecule has 3 unspecified atom stereocenters. The molecule has 3 atom stereocenters. The fourth-order valence-electron chi connectivity index (χ4n) is 9.35. The van der Waals surface area contributed by atoms with Gasteiger partial charge in [-0.3, -0.25) is 14.2 Å². The molecule has 0 aliphatic heterocycles. The maximum atomic E-state index is 13.5. The van der Waals surface area contributed by atoms with Crippen molar-refractivity contribution in [1.29, 1.82) is 0 Å². The van der Waals surface area contributed by atoms with Crippen LogP contribution in [0.2, 0.25) is 0 Å². The lowest BCUT2D eigenvalue weighted by Crippen LogP contribution is -2.47. The SMILES string of the molecule is CC/C=C\C/C=C\C/C=C\C/C=C\C/C=C\CCCC(=O)NC(COP(=O)([O-])OCC[N+](C)(C)C)C(/C=C\CCCCCCCCCCC)OC(=O)CCCCCCCCCCCCCCCCCCC/C=C\C/C=C\CCCCC. The Kier molecular flexibility index (Phi) is 57.8. The molecule has 1 N–H and O–H groups in total. The molecule has 0 spiro atoms. The van der Waals surface area contributed by atoms with Crippen molar-refractivity contribution in [2.45, 2.75) is 303 Å². The van der Waals surface area contributed by atoms with Crippen molar-refractivity contribution in [1.82, 2.24) is 5.32 Å². The van der Waals surface area contributed by atoms with Crippen LogP contribution < -0.4 is 10.2 Å². The van der Waals surface area contributed by atoms with E-state index in [1.165, 1.54) is 167 Å². The van der Waals surface area contributed by atoms with Crippen LogP contribution in [0.1, 0.15) is 290 Å². The lowest BCUT2D eigenvalue weighted by molar-refractivity contribution is -0.870. The molecule has 0 aliphatic carbocycles. The van der Waals surface area contributed by atoms with Gasteiger partial charge in [0.15, 0.2) is 0 Å². The molecule has 0 fully saturated rings. The molecular formula is C71H127N2O7P. The highest BCUT2D eigenvalue weighted by atomic mass is 31.2. The van der Waals surface area contributed by atoms with E-state index in [1.807, 2.05) is 33.3 Å². The third-order valence-corrected chi connectivity index (χ3v) is 15.5. The summed E-state index contributed by atoms with van der Waals surface area (Å²) in [5, 5.41) is 3.00. The second-order valence-electron chi connectivity index (χ2n) is 23.6. The standard InChI is InChI=1S/C71H127N2O7P/c1-7-10-13-16-19-22-25-27-29-31-32-33-34-35-36-37-38-39-40-42-44-46-49-52-55-58-61-64-71(75)80-69(62-59-56-53-50-47-24-21-18-15-12-9-3)68(67-79-81(76,77)78-66-65-73(4,5)6)72-70(74)63-60-57-54-51-48-45-43-41-30-28-26-23-20-17-14-11-8-2/h11,14,19-20,22-23,27-30,43,45,51,54,59,62,68-69H,7-10,12-13,15-18,21,24-26,31-42,44,46-50,52-53,55-58,60-61,63-67H2,1-6H3,(H-,72,74,76,77)/b14-11-,22-19-,23-20-,29-27-,30-28-,45-43-,54-51-,62-59-. The van der Waals surface area contributed by atoms with Crippen molar-refractivity contribution < 1.29 is 37.3 Å². The number of amides is 1. The molecule has 468 valence electrons. The molecule has 10 heteroatoms. The van der Waals surface area contributed by atoms with E-state index >= 15 is 0 Å². The number of unbranched alkanes of at least 4 members (excludes halogenated alkanes) is 30. The van der Waals surface area contributed by atoms with Gasteiger partial charge in [0, 0.05) is 12.8 Å².